The van der Waals surface area contributed by atoms with Crippen molar-refractivity contribution in [1.82, 2.24) is 0 Å². The zero-order chi connectivity index (χ0) is 8.41. The van der Waals surface area contributed by atoms with Crippen LogP contribution in [0.3, 0.4) is 0 Å². The van der Waals surface area contributed by atoms with E-state index in [-0.39, 0.29) is 0 Å². The highest BCUT2D eigenvalue weighted by Gasteiger charge is 2.04. The second-order valence-corrected chi connectivity index (χ2v) is 3.17. The summed E-state index contributed by atoms with van der Waals surface area (Å²) < 4.78 is 14.2. The van der Waals surface area contributed by atoms with Crippen molar-refractivity contribution in [3.8, 4) is 0 Å². The van der Waals surface area contributed by atoms with E-state index in [2.05, 4.69) is 6.58 Å². The lowest BCUT2D eigenvalue weighted by atomic mass is 11.2. The van der Waals surface area contributed by atoms with Gasteiger partial charge in [-0.2, -0.15) is 0 Å². The lowest BCUT2D eigenvalue weighted by Gasteiger charge is -2.05. The first-order chi connectivity index (χ1) is 4.76. The van der Waals surface area contributed by atoms with Crippen LogP contribution in [0.1, 0.15) is 0 Å². The van der Waals surface area contributed by atoms with Crippen LogP contribution in [-0.4, -0.2) is 36.0 Å². The fraction of sp³-hybridized carbons (Fsp3) is 0.600. The number of aliphatic hydroxyl groups excluding tert-OH is 1. The smallest absolute Gasteiger partial charge is 0.483 e. The predicted molar refractivity (Wildman–Crippen MR) is 41.0 cm³/mol. The molecule has 10 heavy (non-hydrogen) atoms. The maximum absolute atomic E-state index is 7.33. The SMILES string of the molecule is C=CO.CO[SiH](OC)OC. The minimum Gasteiger partial charge on any atom is -0.516 e. The number of aliphatic hydroxyl groups is 1. The van der Waals surface area contributed by atoms with E-state index < -0.39 is 9.53 Å². The Balaban J connectivity index is 0. The first kappa shape index (κ1) is 12.3. The van der Waals surface area contributed by atoms with Gasteiger partial charge in [-0.1, -0.05) is 6.58 Å². The molecule has 0 radical (unpaired) electrons. The van der Waals surface area contributed by atoms with Crippen LogP contribution in [0.5, 0.6) is 0 Å². The maximum Gasteiger partial charge on any atom is 0.483 e. The lowest BCUT2D eigenvalue weighted by molar-refractivity contribution is 0.163. The molecule has 0 saturated carbocycles. The Hall–Kier alpha value is -0.363. The Morgan fingerprint density at radius 2 is 1.40 bits per heavy atom. The Kier molecular flexibility index (Phi) is 14.1. The van der Waals surface area contributed by atoms with Gasteiger partial charge in [-0.05, 0) is 0 Å². The monoisotopic (exact) mass is 166 g/mol. The quantitative estimate of drug-likeness (QED) is 0.485. The van der Waals surface area contributed by atoms with Crippen LogP contribution in [0.25, 0.3) is 0 Å². The lowest BCUT2D eigenvalue weighted by Crippen LogP contribution is -2.21. The summed E-state index contributed by atoms with van der Waals surface area (Å²) in [5, 5.41) is 7.33. The summed E-state index contributed by atoms with van der Waals surface area (Å²) in [5.41, 5.74) is 0. The van der Waals surface area contributed by atoms with E-state index in [9.17, 15) is 0 Å². The van der Waals surface area contributed by atoms with Gasteiger partial charge in [0.15, 0.2) is 0 Å². The first-order valence-electron chi connectivity index (χ1n) is 2.60. The topological polar surface area (TPSA) is 47.9 Å². The molecule has 0 heterocycles. The van der Waals surface area contributed by atoms with Crippen molar-refractivity contribution in [1.29, 1.82) is 0 Å². The van der Waals surface area contributed by atoms with Crippen molar-refractivity contribution in [2.24, 2.45) is 0 Å². The summed E-state index contributed by atoms with van der Waals surface area (Å²) in [6.45, 7) is 2.92. The molecule has 0 atom stereocenters. The summed E-state index contributed by atoms with van der Waals surface area (Å²) in [5.74, 6) is 0. The molecule has 0 aliphatic carbocycles. The van der Waals surface area contributed by atoms with Gasteiger partial charge < -0.3 is 18.4 Å². The molecular formula is C5H14O4Si. The van der Waals surface area contributed by atoms with Gasteiger partial charge in [-0.3, -0.25) is 0 Å². The highest BCUT2D eigenvalue weighted by atomic mass is 28.3. The minimum atomic E-state index is -1.67. The summed E-state index contributed by atoms with van der Waals surface area (Å²) in [7, 11) is 3.05. The molecule has 1 N–H and O–H groups in total. The molecule has 0 unspecified atom stereocenters. The van der Waals surface area contributed by atoms with E-state index in [4.69, 9.17) is 18.4 Å². The Bertz CT molecular complexity index is 59.2. The normalized spacial score (nSPS) is 8.40. The van der Waals surface area contributed by atoms with Crippen molar-refractivity contribution in [3.05, 3.63) is 12.8 Å². The van der Waals surface area contributed by atoms with Crippen molar-refractivity contribution in [2.75, 3.05) is 21.3 Å². The number of hydrogen-bond acceptors (Lipinski definition) is 4. The molecule has 0 bridgehead atoms. The molecule has 0 spiro atoms. The molecule has 0 amide bonds. The van der Waals surface area contributed by atoms with Crippen LogP contribution >= 0.6 is 0 Å². The summed E-state index contributed by atoms with van der Waals surface area (Å²) in [4.78, 5) is 0. The molecule has 0 aromatic rings. The van der Waals surface area contributed by atoms with Gasteiger partial charge in [-0.25, -0.2) is 0 Å². The van der Waals surface area contributed by atoms with Crippen LogP contribution in [0.15, 0.2) is 12.8 Å². The third-order valence-electron chi connectivity index (χ3n) is 0.577. The summed E-state index contributed by atoms with van der Waals surface area (Å²) in [6.07, 6.45) is 0.750. The zero-order valence-electron chi connectivity index (χ0n) is 6.53. The average Bonchev–Trinajstić information content (AvgIpc) is 1.93. The second-order valence-electron chi connectivity index (χ2n) is 1.18. The van der Waals surface area contributed by atoms with Gasteiger partial charge in [0.25, 0.3) is 0 Å². The molecular weight excluding hydrogens is 152 g/mol. The highest BCUT2D eigenvalue weighted by Crippen LogP contribution is 1.81. The Morgan fingerprint density at radius 3 is 1.40 bits per heavy atom. The van der Waals surface area contributed by atoms with Gasteiger partial charge in [0.2, 0.25) is 0 Å². The van der Waals surface area contributed by atoms with Gasteiger partial charge >= 0.3 is 9.53 Å². The van der Waals surface area contributed by atoms with Crippen molar-refractivity contribution in [3.63, 3.8) is 0 Å². The minimum absolute atomic E-state index is 0.750. The molecule has 0 aliphatic heterocycles. The molecule has 0 saturated heterocycles. The van der Waals surface area contributed by atoms with E-state index in [0.717, 1.165) is 6.26 Å². The molecule has 5 heteroatoms. The van der Waals surface area contributed by atoms with Crippen molar-refractivity contribution >= 4 is 9.53 Å². The van der Waals surface area contributed by atoms with Crippen LogP contribution in [-0.2, 0) is 13.3 Å². The fourth-order valence-corrected chi connectivity index (χ4v) is 0.866. The molecule has 0 aromatic carbocycles. The number of rotatable bonds is 3. The van der Waals surface area contributed by atoms with Crippen LogP contribution in [0.2, 0.25) is 0 Å². The van der Waals surface area contributed by atoms with Crippen LogP contribution in [0.4, 0.5) is 0 Å². The number of hydrogen-bond donors (Lipinski definition) is 1. The summed E-state index contributed by atoms with van der Waals surface area (Å²) in [6, 6.07) is 0. The van der Waals surface area contributed by atoms with E-state index in [1.54, 1.807) is 21.3 Å². The molecule has 0 rings (SSSR count). The largest absolute Gasteiger partial charge is 0.516 e. The Labute approximate surface area is 63.0 Å². The van der Waals surface area contributed by atoms with Gasteiger partial charge in [-0.15, -0.1) is 0 Å². The summed E-state index contributed by atoms with van der Waals surface area (Å²) >= 11 is 0. The van der Waals surface area contributed by atoms with Crippen LogP contribution in [0, 0.1) is 0 Å². The Morgan fingerprint density at radius 1 is 1.20 bits per heavy atom. The standard InChI is InChI=1S/C3H10O3Si.C2H4O/c1-4-7(5-2)6-3;1-2-3/h7H,1-3H3;2-3H,1H2. The molecule has 0 aliphatic rings. The van der Waals surface area contributed by atoms with E-state index >= 15 is 0 Å². The van der Waals surface area contributed by atoms with Gasteiger partial charge in [0.05, 0.1) is 6.26 Å². The second kappa shape index (κ2) is 11.4. The maximum atomic E-state index is 7.33. The molecule has 4 nitrogen and oxygen atoms in total. The van der Waals surface area contributed by atoms with Gasteiger partial charge in [0, 0.05) is 21.3 Å². The van der Waals surface area contributed by atoms with Crippen molar-refractivity contribution < 1.29 is 18.4 Å². The van der Waals surface area contributed by atoms with Crippen molar-refractivity contribution in [2.45, 2.75) is 0 Å². The van der Waals surface area contributed by atoms with Crippen LogP contribution < -0.4 is 0 Å². The van der Waals surface area contributed by atoms with Gasteiger partial charge in [0.1, 0.15) is 0 Å². The molecule has 0 aromatic heterocycles. The van der Waals surface area contributed by atoms with E-state index in [1.807, 2.05) is 0 Å². The zero-order valence-corrected chi connectivity index (χ0v) is 7.69. The highest BCUT2D eigenvalue weighted by molar-refractivity contribution is 6.36. The molecule has 62 valence electrons. The third kappa shape index (κ3) is 10.6. The first-order valence-corrected chi connectivity index (χ1v) is 4.01. The third-order valence-corrected chi connectivity index (χ3v) is 1.73. The fourth-order valence-electron chi connectivity index (χ4n) is 0.289. The predicted octanol–water partition coefficient (Wildman–Crippen LogP) is 0.331. The molecule has 0 fully saturated rings. The van der Waals surface area contributed by atoms with E-state index in [0.29, 0.717) is 0 Å². The average molecular weight is 166 g/mol. The van der Waals surface area contributed by atoms with E-state index in [1.165, 1.54) is 0 Å².